The van der Waals surface area contributed by atoms with Crippen molar-refractivity contribution in [3.8, 4) is 11.5 Å². The number of fused-ring (bicyclic) bond motifs is 1. The molecular weight excluding hydrogens is 625 g/mol. The van der Waals surface area contributed by atoms with Crippen LogP contribution in [0.15, 0.2) is 83.5 Å². The summed E-state index contributed by atoms with van der Waals surface area (Å²) in [5, 5.41) is 38.4. The number of hydrogen-bond acceptors (Lipinski definition) is 10. The maximum absolute atomic E-state index is 11.5. The van der Waals surface area contributed by atoms with E-state index in [2.05, 4.69) is 15.6 Å². The first-order valence-corrected chi connectivity index (χ1v) is 14.8. The number of halogens is 2. The Bertz CT molecular complexity index is 1680. The molecule has 0 saturated heterocycles. The molecule has 0 radical (unpaired) electrons. The number of rotatable bonds is 15. The summed E-state index contributed by atoms with van der Waals surface area (Å²) in [6, 6.07) is 17.0. The molecule has 1 heterocycles. The lowest BCUT2D eigenvalue weighted by Crippen LogP contribution is -2.48. The van der Waals surface area contributed by atoms with Gasteiger partial charge in [-0.25, -0.2) is 4.63 Å². The number of hydrogen-bond donors (Lipinski definition) is 4. The Morgan fingerprint density at radius 3 is 2.60 bits per heavy atom. The highest BCUT2D eigenvalue weighted by Gasteiger charge is 2.42. The van der Waals surface area contributed by atoms with Gasteiger partial charge < -0.3 is 29.5 Å². The topological polar surface area (TPSA) is 156 Å². The van der Waals surface area contributed by atoms with Crippen LogP contribution in [0.3, 0.4) is 0 Å². The molecule has 5 rings (SSSR count). The van der Waals surface area contributed by atoms with Gasteiger partial charge in [-0.2, -0.15) is 0 Å². The number of benzene rings is 3. The normalized spacial score (nSPS) is 18.5. The van der Waals surface area contributed by atoms with Crippen molar-refractivity contribution < 1.29 is 39.0 Å². The third kappa shape index (κ3) is 7.64. The number of aromatic nitrogens is 2. The van der Waals surface area contributed by atoms with Crippen molar-refractivity contribution in [3.63, 3.8) is 0 Å². The molecule has 236 valence electrons. The summed E-state index contributed by atoms with van der Waals surface area (Å²) in [4.78, 5) is 11.5. The quantitative estimate of drug-likeness (QED) is 0.135. The highest BCUT2D eigenvalue weighted by Crippen LogP contribution is 2.40. The average Bonchev–Trinajstić information content (AvgIpc) is 3.52. The highest BCUT2D eigenvalue weighted by atomic mass is 35.5. The lowest BCUT2D eigenvalue weighted by molar-refractivity contribution is -0.140. The Morgan fingerprint density at radius 2 is 1.84 bits per heavy atom. The number of carbonyl (C=O) groups is 1. The minimum absolute atomic E-state index is 0.0205. The first-order chi connectivity index (χ1) is 21.8. The third-order valence-electron chi connectivity index (χ3n) is 7.23. The second kappa shape index (κ2) is 14.9. The van der Waals surface area contributed by atoms with Gasteiger partial charge in [0.05, 0.1) is 30.2 Å². The molecule has 3 aromatic carbocycles. The molecule has 13 heteroatoms. The number of nitrogens with one attached hydrogen (secondary N) is 1. The number of aliphatic hydroxyl groups is 2. The van der Waals surface area contributed by atoms with Crippen LogP contribution in [0, 0.1) is 0 Å². The second-order valence-corrected chi connectivity index (χ2v) is 11.1. The minimum atomic E-state index is -1.20. The van der Waals surface area contributed by atoms with Gasteiger partial charge in [0.1, 0.15) is 47.4 Å². The Kier molecular flexibility index (Phi) is 10.7. The van der Waals surface area contributed by atoms with Gasteiger partial charge in [0.2, 0.25) is 0 Å². The summed E-state index contributed by atoms with van der Waals surface area (Å²) in [6.45, 7) is -0.701. The fourth-order valence-corrected chi connectivity index (χ4v) is 5.47. The van der Waals surface area contributed by atoms with Crippen molar-refractivity contribution in [2.45, 2.75) is 30.2 Å². The van der Waals surface area contributed by atoms with E-state index < -0.39 is 29.6 Å². The second-order valence-electron chi connectivity index (χ2n) is 10.2. The molecule has 45 heavy (non-hydrogen) atoms. The molecule has 3 atom stereocenters. The van der Waals surface area contributed by atoms with Crippen molar-refractivity contribution in [3.05, 3.63) is 101 Å². The van der Waals surface area contributed by atoms with E-state index in [0.29, 0.717) is 22.3 Å². The maximum atomic E-state index is 11.5. The molecule has 0 fully saturated rings. The Balaban J connectivity index is 1.40. The Labute approximate surface area is 268 Å². The lowest BCUT2D eigenvalue weighted by Gasteiger charge is -2.38. The highest BCUT2D eigenvalue weighted by molar-refractivity contribution is 6.32. The first-order valence-electron chi connectivity index (χ1n) is 14.0. The summed E-state index contributed by atoms with van der Waals surface area (Å²) in [5.41, 5.74) is 3.09. The number of allylic oxidation sites excluding steroid dienone is 2. The van der Waals surface area contributed by atoms with Crippen LogP contribution in [-0.2, 0) is 22.7 Å². The molecule has 3 unspecified atom stereocenters. The number of aliphatic carboxylic acids is 1. The van der Waals surface area contributed by atoms with Gasteiger partial charge in [-0.15, -0.1) is 11.6 Å². The molecular formula is C32H31Cl2N3O8. The standard InChI is InChI=1S/C32H31Cl2N3O8/c33-24-14-22(16-35-27(17-39)31(40)41)28(42-18-20-8-9-25-26(13-20)37-45-36-25)15-29(24)43-19-32(44-12-11-38)10-4-7-23(30(32)34)21-5-2-1-3-6-21/h1-10,13-15,27,30,35,38-39H,11-12,16-19H2,(H,40,41). The van der Waals surface area contributed by atoms with E-state index in [1.165, 1.54) is 0 Å². The first kappa shape index (κ1) is 32.4. The van der Waals surface area contributed by atoms with Crippen LogP contribution in [0.2, 0.25) is 5.02 Å². The summed E-state index contributed by atoms with van der Waals surface area (Å²) >= 11 is 13.7. The molecule has 0 spiro atoms. The smallest absolute Gasteiger partial charge is 0.323 e. The van der Waals surface area contributed by atoms with E-state index in [4.69, 9.17) is 42.0 Å². The summed E-state index contributed by atoms with van der Waals surface area (Å²) < 4.78 is 23.3. The molecule has 1 aromatic heterocycles. The average molecular weight is 657 g/mol. The van der Waals surface area contributed by atoms with Crippen molar-refractivity contribution in [2.24, 2.45) is 0 Å². The largest absolute Gasteiger partial charge is 0.488 e. The summed E-state index contributed by atoms with van der Waals surface area (Å²) in [7, 11) is 0. The van der Waals surface area contributed by atoms with E-state index in [1.807, 2.05) is 48.6 Å². The molecule has 1 aliphatic carbocycles. The number of alkyl halides is 1. The predicted octanol–water partition coefficient (Wildman–Crippen LogP) is 4.38. The fraction of sp³-hybridized carbons (Fsp3) is 0.281. The zero-order chi connectivity index (χ0) is 31.8. The molecule has 11 nitrogen and oxygen atoms in total. The molecule has 4 N–H and O–H groups in total. The maximum Gasteiger partial charge on any atom is 0.323 e. The summed E-state index contributed by atoms with van der Waals surface area (Å²) in [6.07, 6.45) is 5.55. The van der Waals surface area contributed by atoms with Crippen LogP contribution >= 0.6 is 23.2 Å². The van der Waals surface area contributed by atoms with E-state index in [-0.39, 0.29) is 43.7 Å². The monoisotopic (exact) mass is 655 g/mol. The number of aliphatic hydroxyl groups excluding tert-OH is 2. The van der Waals surface area contributed by atoms with Crippen molar-refractivity contribution in [1.29, 1.82) is 0 Å². The van der Waals surface area contributed by atoms with Gasteiger partial charge in [-0.3, -0.25) is 10.1 Å². The van der Waals surface area contributed by atoms with Gasteiger partial charge >= 0.3 is 5.97 Å². The molecule has 1 aliphatic rings. The minimum Gasteiger partial charge on any atom is -0.488 e. The van der Waals surface area contributed by atoms with Gasteiger partial charge in [0, 0.05) is 18.2 Å². The van der Waals surface area contributed by atoms with Gasteiger partial charge in [0.15, 0.2) is 0 Å². The van der Waals surface area contributed by atoms with E-state index in [9.17, 15) is 20.1 Å². The number of carboxylic acid groups (broad SMARTS) is 1. The Hall–Kier alpha value is -3.97. The van der Waals surface area contributed by atoms with Gasteiger partial charge in [-0.1, -0.05) is 60.2 Å². The van der Waals surface area contributed by atoms with Crippen molar-refractivity contribution >= 4 is 45.8 Å². The van der Waals surface area contributed by atoms with Crippen LogP contribution in [0.1, 0.15) is 16.7 Å². The van der Waals surface area contributed by atoms with Crippen LogP contribution < -0.4 is 14.8 Å². The number of nitrogens with zero attached hydrogens (tertiary/aromatic N) is 2. The lowest BCUT2D eigenvalue weighted by atomic mass is 9.86. The predicted molar refractivity (Wildman–Crippen MR) is 167 cm³/mol. The van der Waals surface area contributed by atoms with E-state index in [1.54, 1.807) is 30.3 Å². The van der Waals surface area contributed by atoms with Crippen LogP contribution in [0.25, 0.3) is 16.6 Å². The Morgan fingerprint density at radius 1 is 1.04 bits per heavy atom. The molecule has 0 saturated carbocycles. The van der Waals surface area contributed by atoms with Crippen LogP contribution in [0.4, 0.5) is 0 Å². The molecule has 0 bridgehead atoms. The number of carboxylic acids is 1. The fourth-order valence-electron chi connectivity index (χ4n) is 4.83. The van der Waals surface area contributed by atoms with Crippen molar-refractivity contribution in [2.75, 3.05) is 26.4 Å². The van der Waals surface area contributed by atoms with Gasteiger partial charge in [-0.05, 0) is 51.3 Å². The van der Waals surface area contributed by atoms with Crippen LogP contribution in [-0.4, -0.2) is 75.0 Å². The van der Waals surface area contributed by atoms with E-state index >= 15 is 0 Å². The number of ether oxygens (including phenoxy) is 3. The molecule has 0 amide bonds. The zero-order valence-electron chi connectivity index (χ0n) is 23.9. The van der Waals surface area contributed by atoms with E-state index in [0.717, 1.165) is 16.7 Å². The summed E-state index contributed by atoms with van der Waals surface area (Å²) in [5.74, 6) is -0.573. The van der Waals surface area contributed by atoms with Gasteiger partial charge in [0.25, 0.3) is 0 Å². The van der Waals surface area contributed by atoms with Crippen molar-refractivity contribution in [1.82, 2.24) is 15.6 Å². The zero-order valence-corrected chi connectivity index (χ0v) is 25.4. The molecule has 0 aliphatic heterocycles. The molecule has 4 aromatic rings. The van der Waals surface area contributed by atoms with Crippen LogP contribution in [0.5, 0.6) is 11.5 Å². The third-order valence-corrected chi connectivity index (χ3v) is 8.13. The SMILES string of the molecule is O=C(O)C(CO)NCc1cc(Cl)c(OCC2(OCCO)C=CC=C(c3ccccc3)C2Cl)cc1OCc1ccc2nonc2c1.